The molecular formula is C13H11N3O2. The van der Waals surface area contributed by atoms with E-state index in [1.807, 2.05) is 24.3 Å². The molecule has 0 saturated heterocycles. The molecule has 5 heteroatoms. The summed E-state index contributed by atoms with van der Waals surface area (Å²) in [6.45, 7) is 0. The number of hydrogen-bond acceptors (Lipinski definition) is 3. The van der Waals surface area contributed by atoms with Gasteiger partial charge in [-0.1, -0.05) is 12.1 Å². The van der Waals surface area contributed by atoms with Crippen molar-refractivity contribution >= 4 is 5.65 Å². The zero-order valence-corrected chi connectivity index (χ0v) is 9.75. The number of fused-ring (bicyclic) bond motifs is 1. The van der Waals surface area contributed by atoms with Gasteiger partial charge >= 0.3 is 0 Å². The van der Waals surface area contributed by atoms with Crippen molar-refractivity contribution in [2.45, 2.75) is 0 Å². The number of rotatable bonds is 2. The molecule has 18 heavy (non-hydrogen) atoms. The molecule has 2 heterocycles. The van der Waals surface area contributed by atoms with Gasteiger partial charge in [0, 0.05) is 18.3 Å². The predicted octanol–water partition coefficient (Wildman–Crippen LogP) is 1.70. The number of nitrogens with one attached hydrogen (secondary N) is 1. The monoisotopic (exact) mass is 241 g/mol. The Bertz CT molecular complexity index is 758. The summed E-state index contributed by atoms with van der Waals surface area (Å²) in [5.74, 6) is 1.40. The van der Waals surface area contributed by atoms with Gasteiger partial charge in [-0.2, -0.15) is 0 Å². The summed E-state index contributed by atoms with van der Waals surface area (Å²) in [4.78, 5) is 15.6. The second-order valence-corrected chi connectivity index (χ2v) is 3.86. The largest absolute Gasteiger partial charge is 0.496 e. The zero-order chi connectivity index (χ0) is 12.5. The smallest absolute Gasteiger partial charge is 0.183 e. The number of hydrogen-bond donors (Lipinski definition) is 1. The van der Waals surface area contributed by atoms with Crippen molar-refractivity contribution in [3.05, 3.63) is 52.8 Å². The number of methoxy groups -OCH3 is 1. The third-order valence-electron chi connectivity index (χ3n) is 2.72. The molecule has 3 aromatic rings. The van der Waals surface area contributed by atoms with Gasteiger partial charge < -0.3 is 4.74 Å². The highest BCUT2D eigenvalue weighted by atomic mass is 16.5. The van der Waals surface area contributed by atoms with E-state index in [-0.39, 0.29) is 5.43 Å². The first-order valence-electron chi connectivity index (χ1n) is 5.50. The molecule has 0 atom stereocenters. The molecule has 0 aliphatic rings. The molecule has 5 nitrogen and oxygen atoms in total. The number of aromatic nitrogens is 3. The fourth-order valence-electron chi connectivity index (χ4n) is 1.86. The van der Waals surface area contributed by atoms with Crippen molar-refractivity contribution < 1.29 is 4.74 Å². The average Bonchev–Trinajstić information content (AvgIpc) is 2.81. The van der Waals surface area contributed by atoms with E-state index in [0.717, 1.165) is 11.3 Å². The molecule has 0 aliphatic heterocycles. The Morgan fingerprint density at radius 2 is 2.11 bits per heavy atom. The third-order valence-corrected chi connectivity index (χ3v) is 2.72. The van der Waals surface area contributed by atoms with Crippen molar-refractivity contribution in [1.82, 2.24) is 14.6 Å². The van der Waals surface area contributed by atoms with Crippen LogP contribution in [0.3, 0.4) is 0 Å². The van der Waals surface area contributed by atoms with Gasteiger partial charge in [-0.3, -0.25) is 9.89 Å². The van der Waals surface area contributed by atoms with Crippen LogP contribution in [0.4, 0.5) is 0 Å². The number of aromatic amines is 1. The van der Waals surface area contributed by atoms with Crippen LogP contribution < -0.4 is 10.2 Å². The lowest BCUT2D eigenvalue weighted by atomic mass is 10.2. The second-order valence-electron chi connectivity index (χ2n) is 3.86. The lowest BCUT2D eigenvalue weighted by Crippen LogP contribution is -1.98. The Hall–Kier alpha value is -2.56. The molecule has 90 valence electrons. The number of nitrogens with zero attached hydrogens (tertiary/aromatic N) is 2. The number of ether oxygens (including phenoxy) is 1. The third kappa shape index (κ3) is 1.66. The Labute approximate surface area is 103 Å². The molecule has 0 aliphatic carbocycles. The summed E-state index contributed by atoms with van der Waals surface area (Å²) in [5.41, 5.74) is 1.38. The first-order chi connectivity index (χ1) is 8.78. The van der Waals surface area contributed by atoms with Crippen LogP contribution in [0, 0.1) is 0 Å². The van der Waals surface area contributed by atoms with E-state index in [2.05, 4.69) is 10.1 Å². The lowest BCUT2D eigenvalue weighted by molar-refractivity contribution is 0.416. The minimum atomic E-state index is -0.0620. The second kappa shape index (κ2) is 4.03. The maximum Gasteiger partial charge on any atom is 0.183 e. The fraction of sp³-hybridized carbons (Fsp3) is 0.0769. The van der Waals surface area contributed by atoms with Crippen LogP contribution in [0.25, 0.3) is 17.0 Å². The van der Waals surface area contributed by atoms with Gasteiger partial charge in [0.2, 0.25) is 0 Å². The SMILES string of the molecule is COc1ccccc1-c1nc2cc(=O)ccn2[nH]1. The van der Waals surface area contributed by atoms with Crippen molar-refractivity contribution in [1.29, 1.82) is 0 Å². The maximum absolute atomic E-state index is 11.3. The minimum absolute atomic E-state index is 0.0620. The standard InChI is InChI=1S/C13H11N3O2/c1-18-11-5-3-2-4-10(11)13-14-12-8-9(17)6-7-16(12)15-13/h2-8H,1H3,(H,14,15). The van der Waals surface area contributed by atoms with E-state index < -0.39 is 0 Å². The normalized spacial score (nSPS) is 10.7. The number of benzene rings is 1. The highest BCUT2D eigenvalue weighted by molar-refractivity contribution is 5.65. The number of para-hydroxylation sites is 1. The van der Waals surface area contributed by atoms with E-state index in [9.17, 15) is 4.79 Å². The van der Waals surface area contributed by atoms with Crippen LogP contribution in [-0.2, 0) is 0 Å². The van der Waals surface area contributed by atoms with Gasteiger partial charge in [-0.25, -0.2) is 9.50 Å². The predicted molar refractivity (Wildman–Crippen MR) is 67.8 cm³/mol. The van der Waals surface area contributed by atoms with E-state index >= 15 is 0 Å². The topological polar surface area (TPSA) is 59.4 Å². The molecule has 0 spiro atoms. The highest BCUT2D eigenvalue weighted by Crippen LogP contribution is 2.26. The van der Waals surface area contributed by atoms with E-state index in [0.29, 0.717) is 11.5 Å². The van der Waals surface area contributed by atoms with Gasteiger partial charge in [0.05, 0.1) is 12.7 Å². The highest BCUT2D eigenvalue weighted by Gasteiger charge is 2.09. The van der Waals surface area contributed by atoms with Gasteiger partial charge in [-0.05, 0) is 12.1 Å². The Kier molecular flexibility index (Phi) is 2.37. The maximum atomic E-state index is 11.3. The molecular weight excluding hydrogens is 230 g/mol. The summed E-state index contributed by atoms with van der Waals surface area (Å²) in [7, 11) is 1.62. The van der Waals surface area contributed by atoms with Gasteiger partial charge in [0.25, 0.3) is 0 Å². The van der Waals surface area contributed by atoms with Crippen molar-refractivity contribution in [2.75, 3.05) is 7.11 Å². The van der Waals surface area contributed by atoms with Gasteiger partial charge in [0.1, 0.15) is 5.75 Å². The molecule has 0 radical (unpaired) electrons. The van der Waals surface area contributed by atoms with E-state index in [1.165, 1.54) is 12.1 Å². The summed E-state index contributed by atoms with van der Waals surface area (Å²) >= 11 is 0. The fourth-order valence-corrected chi connectivity index (χ4v) is 1.86. The molecule has 3 rings (SSSR count). The molecule has 0 amide bonds. The molecule has 1 aromatic carbocycles. The Morgan fingerprint density at radius 1 is 1.28 bits per heavy atom. The Balaban J connectivity index is 2.22. The molecule has 2 aromatic heterocycles. The quantitative estimate of drug-likeness (QED) is 0.742. The molecule has 0 saturated carbocycles. The summed E-state index contributed by atoms with van der Waals surface area (Å²) < 4.78 is 6.99. The zero-order valence-electron chi connectivity index (χ0n) is 9.75. The molecule has 0 unspecified atom stereocenters. The van der Waals surface area contributed by atoms with Gasteiger partial charge in [0.15, 0.2) is 16.9 Å². The van der Waals surface area contributed by atoms with Crippen molar-refractivity contribution in [3.8, 4) is 17.1 Å². The van der Waals surface area contributed by atoms with Crippen LogP contribution in [-0.4, -0.2) is 21.7 Å². The first kappa shape index (κ1) is 10.6. The van der Waals surface area contributed by atoms with Crippen LogP contribution in [0.1, 0.15) is 0 Å². The van der Waals surface area contributed by atoms with E-state index in [4.69, 9.17) is 4.74 Å². The van der Waals surface area contributed by atoms with Gasteiger partial charge in [-0.15, -0.1) is 0 Å². The summed E-state index contributed by atoms with van der Waals surface area (Å²) in [5, 5.41) is 3.10. The molecule has 0 bridgehead atoms. The average molecular weight is 241 g/mol. The summed E-state index contributed by atoms with van der Waals surface area (Å²) in [6.07, 6.45) is 1.66. The van der Waals surface area contributed by atoms with Crippen LogP contribution >= 0.6 is 0 Å². The van der Waals surface area contributed by atoms with E-state index in [1.54, 1.807) is 17.8 Å². The first-order valence-corrected chi connectivity index (χ1v) is 5.50. The lowest BCUT2D eigenvalue weighted by Gasteiger charge is -2.04. The number of pyridine rings is 1. The summed E-state index contributed by atoms with van der Waals surface area (Å²) in [6, 6.07) is 10.6. The van der Waals surface area contributed by atoms with Crippen LogP contribution in [0.5, 0.6) is 5.75 Å². The molecule has 1 N–H and O–H groups in total. The van der Waals surface area contributed by atoms with Crippen molar-refractivity contribution in [3.63, 3.8) is 0 Å². The number of H-pyrrole nitrogens is 1. The van der Waals surface area contributed by atoms with Crippen molar-refractivity contribution in [2.24, 2.45) is 0 Å². The van der Waals surface area contributed by atoms with Crippen LogP contribution in [0.15, 0.2) is 47.4 Å². The molecule has 0 fully saturated rings. The Morgan fingerprint density at radius 3 is 2.94 bits per heavy atom. The van der Waals surface area contributed by atoms with Crippen LogP contribution in [0.2, 0.25) is 0 Å². The minimum Gasteiger partial charge on any atom is -0.496 e.